The molecule has 2 aliphatic rings. The number of thiophene rings is 1. The van der Waals surface area contributed by atoms with Gasteiger partial charge in [0.15, 0.2) is 11.5 Å². The van der Waals surface area contributed by atoms with Crippen molar-refractivity contribution in [3.05, 3.63) is 136 Å². The number of para-hydroxylation sites is 1. The van der Waals surface area contributed by atoms with Gasteiger partial charge in [-0.3, -0.25) is 29.2 Å². The van der Waals surface area contributed by atoms with Gasteiger partial charge in [-0.25, -0.2) is 0 Å². The summed E-state index contributed by atoms with van der Waals surface area (Å²) in [6, 6.07) is 27.7. The van der Waals surface area contributed by atoms with Gasteiger partial charge < -0.3 is 34.9 Å². The van der Waals surface area contributed by atoms with E-state index in [0.717, 1.165) is 21.7 Å². The molecule has 0 saturated heterocycles. The summed E-state index contributed by atoms with van der Waals surface area (Å²) in [5.41, 5.74) is 6.85. The fourth-order valence-corrected chi connectivity index (χ4v) is 8.22. The lowest BCUT2D eigenvalue weighted by Gasteiger charge is -2.34. The van der Waals surface area contributed by atoms with Gasteiger partial charge in [0.1, 0.15) is 5.69 Å². The normalized spacial score (nSPS) is 14.1. The summed E-state index contributed by atoms with van der Waals surface area (Å²) in [5.74, 6) is -0.0633. The van der Waals surface area contributed by atoms with Crippen LogP contribution in [0.2, 0.25) is 0 Å². The molecule has 8 rings (SSSR count). The molecule has 4 amide bonds. The molecule has 6 aromatic rings. The molecular weight excluding hydrogens is 767 g/mol. The van der Waals surface area contributed by atoms with Gasteiger partial charge in [-0.2, -0.15) is 0 Å². The molecule has 0 fully saturated rings. The molecule has 0 spiro atoms. The zero-order chi connectivity index (χ0) is 41.0. The van der Waals surface area contributed by atoms with Crippen LogP contribution in [-0.2, 0) is 24.8 Å². The molecule has 59 heavy (non-hydrogen) atoms. The topological polar surface area (TPSA) is 156 Å². The Morgan fingerprint density at radius 3 is 2.42 bits per heavy atom. The molecule has 2 aliphatic heterocycles. The number of rotatable bonds is 12. The third-order valence-electron chi connectivity index (χ3n) is 10.2. The van der Waals surface area contributed by atoms with E-state index < -0.39 is 0 Å². The first-order chi connectivity index (χ1) is 28.6. The predicted octanol–water partition coefficient (Wildman–Crippen LogP) is 8.05. The van der Waals surface area contributed by atoms with Crippen molar-refractivity contribution in [1.82, 2.24) is 14.5 Å². The van der Waals surface area contributed by atoms with Crippen LogP contribution in [0.5, 0.6) is 11.5 Å². The van der Waals surface area contributed by atoms with Gasteiger partial charge in [-0.05, 0) is 78.9 Å². The quantitative estimate of drug-likeness (QED) is 0.106. The number of pyridine rings is 1. The lowest BCUT2D eigenvalue weighted by atomic mass is 9.94. The van der Waals surface area contributed by atoms with E-state index in [1.807, 2.05) is 66.6 Å². The van der Waals surface area contributed by atoms with Gasteiger partial charge in [0.25, 0.3) is 17.7 Å². The number of nitrogens with one attached hydrogen (secondary N) is 3. The number of methoxy groups -OCH3 is 1. The third kappa shape index (κ3) is 8.48. The largest absolute Gasteiger partial charge is 0.493 e. The summed E-state index contributed by atoms with van der Waals surface area (Å²) < 4.78 is 13.3. The Morgan fingerprint density at radius 2 is 1.64 bits per heavy atom. The molecular formula is C45H41N7O6S. The maximum Gasteiger partial charge on any atom is 0.272 e. The molecule has 0 bridgehead atoms. The number of aryl methyl sites for hydroxylation is 2. The number of nitrogens with zero attached hydrogens (tertiary/aromatic N) is 4. The van der Waals surface area contributed by atoms with Crippen molar-refractivity contribution in [2.75, 3.05) is 29.7 Å². The number of aromatic nitrogens is 2. The molecule has 298 valence electrons. The Morgan fingerprint density at radius 1 is 0.864 bits per heavy atom. The maximum absolute atomic E-state index is 13.7. The number of carbonyl (C=O) groups is 4. The van der Waals surface area contributed by atoms with Crippen LogP contribution in [0.25, 0.3) is 10.6 Å². The highest BCUT2D eigenvalue weighted by atomic mass is 32.1. The average Bonchev–Trinajstić information content (AvgIpc) is 3.79. The SMILES string of the molecule is COc1cc2c(cc1OCCCC(=O)Nc1cc(C(=O)Nc3ccc(-c4cc(C)c(C(=O)Nc5ccccc5)s4)nc3)n(C)c1)N=C[C@@H]1Cc3ccccc3CN1C2=O. The Bertz CT molecular complexity index is 2600. The Balaban J connectivity index is 0.827. The number of ether oxygens (including phenoxy) is 2. The van der Waals surface area contributed by atoms with Gasteiger partial charge >= 0.3 is 0 Å². The monoisotopic (exact) mass is 807 g/mol. The van der Waals surface area contributed by atoms with Crippen molar-refractivity contribution in [2.24, 2.45) is 12.0 Å². The molecule has 5 heterocycles. The minimum atomic E-state index is -0.371. The van der Waals surface area contributed by atoms with E-state index in [1.165, 1.54) is 24.0 Å². The highest BCUT2D eigenvalue weighted by Crippen LogP contribution is 2.39. The zero-order valence-corrected chi connectivity index (χ0v) is 33.5. The Kier molecular flexibility index (Phi) is 11.1. The fourth-order valence-electron chi connectivity index (χ4n) is 7.17. The van der Waals surface area contributed by atoms with E-state index in [0.29, 0.717) is 69.8 Å². The van der Waals surface area contributed by atoms with Crippen LogP contribution in [0.15, 0.2) is 108 Å². The molecule has 14 heteroatoms. The van der Waals surface area contributed by atoms with Crippen LogP contribution < -0.4 is 25.4 Å². The van der Waals surface area contributed by atoms with Crippen molar-refractivity contribution in [3.8, 4) is 22.1 Å². The molecule has 0 saturated carbocycles. The average molecular weight is 808 g/mol. The third-order valence-corrected chi connectivity index (χ3v) is 11.5. The second kappa shape index (κ2) is 16.8. The summed E-state index contributed by atoms with van der Waals surface area (Å²) in [7, 11) is 3.24. The summed E-state index contributed by atoms with van der Waals surface area (Å²) in [4.78, 5) is 65.2. The highest BCUT2D eigenvalue weighted by molar-refractivity contribution is 7.17. The van der Waals surface area contributed by atoms with Crippen molar-refractivity contribution in [1.29, 1.82) is 0 Å². The van der Waals surface area contributed by atoms with Crippen LogP contribution in [-0.4, -0.2) is 64.1 Å². The summed E-state index contributed by atoms with van der Waals surface area (Å²) in [6.45, 7) is 2.62. The van der Waals surface area contributed by atoms with Crippen molar-refractivity contribution in [2.45, 2.75) is 38.8 Å². The molecule has 3 aromatic carbocycles. The minimum Gasteiger partial charge on any atom is -0.493 e. The molecule has 0 aliphatic carbocycles. The van der Waals surface area contributed by atoms with E-state index in [4.69, 9.17) is 9.47 Å². The van der Waals surface area contributed by atoms with Crippen LogP contribution in [0.3, 0.4) is 0 Å². The molecule has 1 atom stereocenters. The maximum atomic E-state index is 13.7. The smallest absolute Gasteiger partial charge is 0.272 e. The zero-order valence-electron chi connectivity index (χ0n) is 32.7. The first-order valence-electron chi connectivity index (χ1n) is 19.1. The Labute approximate surface area is 344 Å². The van der Waals surface area contributed by atoms with Crippen molar-refractivity contribution >= 4 is 63.9 Å². The molecule has 13 nitrogen and oxygen atoms in total. The molecule has 0 radical (unpaired) electrons. The van der Waals surface area contributed by atoms with E-state index in [1.54, 1.807) is 54.3 Å². The number of amides is 4. The Hall–Kier alpha value is -7.06. The number of fused-ring (bicyclic) bond motifs is 3. The summed E-state index contributed by atoms with van der Waals surface area (Å²) in [6.07, 6.45) is 6.33. The van der Waals surface area contributed by atoms with Crippen molar-refractivity contribution in [3.63, 3.8) is 0 Å². The molecule has 3 aromatic heterocycles. The summed E-state index contributed by atoms with van der Waals surface area (Å²) >= 11 is 1.35. The van der Waals surface area contributed by atoms with E-state index in [-0.39, 0.29) is 42.7 Å². The number of anilines is 3. The second-order valence-corrected chi connectivity index (χ2v) is 15.4. The van der Waals surface area contributed by atoms with Gasteiger partial charge in [-0.15, -0.1) is 11.3 Å². The van der Waals surface area contributed by atoms with E-state index >= 15 is 0 Å². The fraction of sp³-hybridized carbons (Fsp3) is 0.200. The van der Waals surface area contributed by atoms with E-state index in [9.17, 15) is 19.2 Å². The number of carbonyl (C=O) groups excluding carboxylic acids is 4. The first-order valence-corrected chi connectivity index (χ1v) is 19.9. The first kappa shape index (κ1) is 38.8. The molecule has 0 unspecified atom stereocenters. The lowest BCUT2D eigenvalue weighted by molar-refractivity contribution is -0.116. The van der Waals surface area contributed by atoms with E-state index in [2.05, 4.69) is 38.1 Å². The van der Waals surface area contributed by atoms with Crippen LogP contribution in [0, 0.1) is 6.92 Å². The van der Waals surface area contributed by atoms with Gasteiger partial charge in [0, 0.05) is 44.2 Å². The number of aliphatic imine (C=N–C) groups is 1. The van der Waals surface area contributed by atoms with Crippen LogP contribution in [0.4, 0.5) is 22.7 Å². The number of benzene rings is 3. The second-order valence-electron chi connectivity index (χ2n) is 14.3. The van der Waals surface area contributed by atoms with Crippen molar-refractivity contribution < 1.29 is 28.7 Å². The summed E-state index contributed by atoms with van der Waals surface area (Å²) in [5, 5.41) is 8.64. The van der Waals surface area contributed by atoms with Crippen LogP contribution >= 0.6 is 11.3 Å². The predicted molar refractivity (Wildman–Crippen MR) is 228 cm³/mol. The number of hydrogen-bond acceptors (Lipinski definition) is 9. The van der Waals surface area contributed by atoms with Gasteiger partial charge in [0.05, 0.1) is 64.0 Å². The minimum absolute atomic E-state index is 0.113. The number of hydrogen-bond donors (Lipinski definition) is 3. The molecule has 3 N–H and O–H groups in total. The van der Waals surface area contributed by atoms with Gasteiger partial charge in [-0.1, -0.05) is 42.5 Å². The standard InChI is InChI=1S/C45H41N7O6S/c1-27-18-40(59-42(27)44(55)49-30-12-5-4-6-13-30)35-16-15-31(23-46-35)50-43(54)37-20-32(26-51(37)2)48-41(53)14-9-17-58-39-22-36-34(21-38(39)57-3)45(56)52-25-29-11-8-7-10-28(29)19-33(52)24-47-36/h4-8,10-13,15-16,18,20-24,26,33H,9,14,17,19,25H2,1-3H3,(H,48,53)(H,49,55)(H,50,54)/t33-/m0/s1. The van der Waals surface area contributed by atoms with Crippen LogP contribution in [0.1, 0.15) is 60.1 Å². The highest BCUT2D eigenvalue weighted by Gasteiger charge is 2.33. The lowest BCUT2D eigenvalue weighted by Crippen LogP contribution is -2.44. The van der Waals surface area contributed by atoms with Gasteiger partial charge in [0.2, 0.25) is 5.91 Å².